The van der Waals surface area contributed by atoms with Gasteiger partial charge in [0.1, 0.15) is 23.2 Å². The Labute approximate surface area is 142 Å². The first-order chi connectivity index (χ1) is 11.3. The van der Waals surface area contributed by atoms with E-state index in [0.717, 1.165) is 12.2 Å². The van der Waals surface area contributed by atoms with Crippen molar-refractivity contribution < 1.29 is 9.59 Å². The average Bonchev–Trinajstić information content (AvgIpc) is 2.48. The summed E-state index contributed by atoms with van der Waals surface area (Å²) in [7, 11) is 0. The van der Waals surface area contributed by atoms with Crippen LogP contribution in [-0.4, -0.2) is 32.8 Å². The monoisotopic (exact) mass is 339 g/mol. The van der Waals surface area contributed by atoms with E-state index in [2.05, 4.69) is 25.9 Å². The second-order valence-corrected chi connectivity index (χ2v) is 6.76. The molecule has 0 bridgehead atoms. The van der Waals surface area contributed by atoms with Gasteiger partial charge in [0.25, 0.3) is 0 Å². The topological polar surface area (TPSA) is 155 Å². The van der Waals surface area contributed by atoms with Crippen molar-refractivity contribution in [3.63, 3.8) is 0 Å². The molecule has 1 unspecified atom stereocenters. The van der Waals surface area contributed by atoms with Crippen LogP contribution in [0.3, 0.4) is 0 Å². The minimum atomic E-state index is -0.414. The number of hydrogen-bond acceptors (Lipinski definition) is 6. The summed E-state index contributed by atoms with van der Waals surface area (Å²) in [5, 5.41) is 13.0. The maximum Gasteiger partial charge on any atom is 0.146 e. The normalized spacial score (nSPS) is 13.8. The molecule has 1 rings (SSSR count). The number of rotatable bonds is 11. The molecular weight excluding hydrogens is 310 g/mol. The van der Waals surface area contributed by atoms with Gasteiger partial charge in [0.05, 0.1) is 0 Å². The van der Waals surface area contributed by atoms with Crippen molar-refractivity contribution in [2.24, 2.45) is 22.2 Å². The fourth-order valence-electron chi connectivity index (χ4n) is 2.37. The lowest BCUT2D eigenvalue weighted by Gasteiger charge is -2.25. The van der Waals surface area contributed by atoms with Crippen LogP contribution >= 0.6 is 0 Å². The molecule has 9 nitrogen and oxygen atoms in total. The Bertz CT molecular complexity index is 550. The molecule has 0 fully saturated rings. The molecule has 0 saturated heterocycles. The van der Waals surface area contributed by atoms with Crippen molar-refractivity contribution in [3.05, 3.63) is 5.82 Å². The summed E-state index contributed by atoms with van der Waals surface area (Å²) in [5.41, 5.74) is 2.04. The maximum absolute atomic E-state index is 12.0. The van der Waals surface area contributed by atoms with Gasteiger partial charge in [0, 0.05) is 37.0 Å². The predicted molar refractivity (Wildman–Crippen MR) is 91.8 cm³/mol. The van der Waals surface area contributed by atoms with Crippen molar-refractivity contribution in [2.75, 3.05) is 0 Å². The lowest BCUT2D eigenvalue weighted by molar-refractivity contribution is -0.124. The Morgan fingerprint density at radius 2 is 1.83 bits per heavy atom. The molecule has 0 radical (unpaired) electrons. The van der Waals surface area contributed by atoms with E-state index in [0.29, 0.717) is 25.1 Å². The second-order valence-electron chi connectivity index (χ2n) is 6.76. The van der Waals surface area contributed by atoms with Crippen molar-refractivity contribution >= 4 is 17.4 Å². The van der Waals surface area contributed by atoms with Crippen LogP contribution in [0, 0.1) is 5.41 Å². The molecule has 0 aliphatic rings. The van der Waals surface area contributed by atoms with Gasteiger partial charge in [-0.2, -0.15) is 5.10 Å². The number of Topliss-reactive ketones (excluding diaryl/α,β-unsaturated/α-hetero) is 2. The molecule has 0 aliphatic heterocycles. The van der Waals surface area contributed by atoms with E-state index in [1.54, 1.807) is 0 Å². The van der Waals surface area contributed by atoms with Gasteiger partial charge in [-0.1, -0.05) is 20.8 Å². The third kappa shape index (κ3) is 6.15. The fraction of sp³-hybridized carbons (Fsp3) is 0.733. The quantitative estimate of drug-likeness (QED) is 0.176. The first-order valence-corrected chi connectivity index (χ1v) is 8.17. The van der Waals surface area contributed by atoms with Crippen LogP contribution in [0.15, 0.2) is 5.10 Å². The zero-order valence-corrected chi connectivity index (χ0v) is 14.7. The van der Waals surface area contributed by atoms with Crippen LogP contribution in [0.1, 0.15) is 71.0 Å². The molecule has 1 aromatic rings. The van der Waals surface area contributed by atoms with Crippen molar-refractivity contribution in [3.8, 4) is 0 Å². The third-order valence-corrected chi connectivity index (χ3v) is 4.30. The van der Waals surface area contributed by atoms with Crippen LogP contribution < -0.4 is 17.1 Å². The van der Waals surface area contributed by atoms with Crippen molar-refractivity contribution in [2.45, 2.75) is 65.2 Å². The largest absolute Gasteiger partial charge is 0.322 e. The summed E-state index contributed by atoms with van der Waals surface area (Å²) in [5.74, 6) is 12.3. The summed E-state index contributed by atoms with van der Waals surface area (Å²) in [6.45, 7) is 5.82. The summed E-state index contributed by atoms with van der Waals surface area (Å²) >= 11 is 0. The lowest BCUT2D eigenvalue weighted by Crippen LogP contribution is -2.42. The Hall–Kier alpha value is -2.16. The molecule has 0 amide bonds. The van der Waals surface area contributed by atoms with E-state index in [4.69, 9.17) is 11.7 Å². The number of ketones is 2. The molecule has 0 saturated carbocycles. The maximum atomic E-state index is 12.0. The van der Waals surface area contributed by atoms with Gasteiger partial charge in [-0.05, 0) is 12.8 Å². The van der Waals surface area contributed by atoms with E-state index in [1.807, 2.05) is 20.8 Å². The number of aromatic nitrogens is 3. The van der Waals surface area contributed by atoms with E-state index >= 15 is 0 Å². The number of carbonyl (C=O) groups excluding carboxylic acids is 2. The number of aromatic amines is 2. The molecular formula is C15H29N7O2. The van der Waals surface area contributed by atoms with Crippen LogP contribution in [0.5, 0.6) is 0 Å². The number of nitrogens with zero attached hydrogens (tertiary/aromatic N) is 2. The first kappa shape index (κ1) is 19.9. The molecule has 0 aromatic carbocycles. The molecule has 0 spiro atoms. The molecule has 0 aliphatic carbocycles. The van der Waals surface area contributed by atoms with E-state index in [-0.39, 0.29) is 30.3 Å². The second kappa shape index (κ2) is 9.21. The Morgan fingerprint density at radius 1 is 1.25 bits per heavy atom. The molecule has 7 N–H and O–H groups in total. The van der Waals surface area contributed by atoms with Crippen LogP contribution in [0.25, 0.3) is 0 Å². The molecule has 24 heavy (non-hydrogen) atoms. The number of hydrogen-bond donors (Lipinski definition) is 5. The summed E-state index contributed by atoms with van der Waals surface area (Å²) in [6.07, 6.45) is 2.68. The number of amidine groups is 1. The minimum Gasteiger partial charge on any atom is -0.322 e. The standard InChI is InChI=1S/C15H29N7O2/c1-10(13-20-22-21-13)4-5-11(23)6-7-12(24)8-9-15(2,3)14(18-16)19-17/h10,22H,4-9,16-17H2,1-3H3,(H,18,19)(H,20,21). The number of carbonyl (C=O) groups is 2. The Kier molecular flexibility index (Phi) is 7.63. The van der Waals surface area contributed by atoms with E-state index in [9.17, 15) is 9.59 Å². The zero-order valence-electron chi connectivity index (χ0n) is 14.7. The van der Waals surface area contributed by atoms with Gasteiger partial charge in [0.15, 0.2) is 0 Å². The predicted octanol–water partition coefficient (Wildman–Crippen LogP) is 1.08. The SMILES string of the molecule is CC(CCC(=O)CCC(=O)CCC(C)(C)/C(=N/N)NN)c1n[nH][nH]1. The summed E-state index contributed by atoms with van der Waals surface area (Å²) in [6, 6.07) is 0. The number of hydrazone groups is 1. The number of nitrogens with two attached hydrogens (primary N) is 2. The zero-order chi connectivity index (χ0) is 18.2. The summed E-state index contributed by atoms with van der Waals surface area (Å²) in [4.78, 5) is 23.9. The van der Waals surface area contributed by atoms with Gasteiger partial charge < -0.3 is 11.3 Å². The minimum absolute atomic E-state index is 0.0621. The van der Waals surface area contributed by atoms with Gasteiger partial charge in [-0.15, -0.1) is 5.10 Å². The smallest absolute Gasteiger partial charge is 0.146 e. The highest BCUT2D eigenvalue weighted by Gasteiger charge is 2.25. The van der Waals surface area contributed by atoms with Gasteiger partial charge in [0.2, 0.25) is 0 Å². The van der Waals surface area contributed by atoms with Crippen LogP contribution in [-0.2, 0) is 9.59 Å². The Balaban J connectivity index is 2.25. The highest BCUT2D eigenvalue weighted by molar-refractivity contribution is 5.88. The molecule has 1 heterocycles. The number of hydrazine groups is 1. The third-order valence-electron chi connectivity index (χ3n) is 4.30. The Morgan fingerprint density at radius 3 is 2.29 bits per heavy atom. The number of H-pyrrole nitrogens is 2. The number of nitrogens with one attached hydrogen (secondary N) is 3. The summed E-state index contributed by atoms with van der Waals surface area (Å²) < 4.78 is 0. The highest BCUT2D eigenvalue weighted by atomic mass is 16.1. The van der Waals surface area contributed by atoms with Crippen molar-refractivity contribution in [1.29, 1.82) is 0 Å². The molecule has 136 valence electrons. The van der Waals surface area contributed by atoms with Gasteiger partial charge >= 0.3 is 0 Å². The molecule has 1 aromatic heterocycles. The first-order valence-electron chi connectivity index (χ1n) is 8.17. The van der Waals surface area contributed by atoms with E-state index in [1.165, 1.54) is 0 Å². The lowest BCUT2D eigenvalue weighted by atomic mass is 9.85. The van der Waals surface area contributed by atoms with Crippen molar-refractivity contribution in [1.82, 2.24) is 20.8 Å². The fourth-order valence-corrected chi connectivity index (χ4v) is 2.37. The van der Waals surface area contributed by atoms with Gasteiger partial charge in [-0.25, -0.2) is 11.1 Å². The average molecular weight is 339 g/mol. The molecule has 1 atom stereocenters. The molecule has 9 heteroatoms. The highest BCUT2D eigenvalue weighted by Crippen LogP contribution is 2.24. The van der Waals surface area contributed by atoms with Gasteiger partial charge in [-0.3, -0.25) is 14.7 Å². The van der Waals surface area contributed by atoms with Crippen LogP contribution in [0.2, 0.25) is 0 Å². The van der Waals surface area contributed by atoms with E-state index < -0.39 is 5.41 Å². The van der Waals surface area contributed by atoms with Crippen LogP contribution in [0.4, 0.5) is 0 Å².